The number of rotatable bonds is 18. The van der Waals surface area contributed by atoms with Gasteiger partial charge in [-0.2, -0.15) is 33.7 Å². The van der Waals surface area contributed by atoms with E-state index in [0.29, 0.717) is 12.1 Å². The minimum atomic E-state index is -5.01. The van der Waals surface area contributed by atoms with Crippen molar-refractivity contribution in [2.75, 3.05) is 42.5 Å². The third-order valence-corrected chi connectivity index (χ3v) is 17.9. The summed E-state index contributed by atoms with van der Waals surface area (Å²) in [6, 6.07) is 18.2. The molecule has 0 spiro atoms. The molecule has 6 heterocycles. The van der Waals surface area contributed by atoms with Gasteiger partial charge in [-0.15, -0.1) is 0 Å². The van der Waals surface area contributed by atoms with Crippen LogP contribution in [0.1, 0.15) is 62.9 Å². The summed E-state index contributed by atoms with van der Waals surface area (Å²) >= 11 is 0. The number of hydrogen-bond acceptors (Lipinski definition) is 15. The average Bonchev–Trinajstić information content (AvgIpc) is 1.74. The van der Waals surface area contributed by atoms with Gasteiger partial charge in [0.2, 0.25) is 0 Å². The van der Waals surface area contributed by atoms with Crippen LogP contribution in [0.4, 0.5) is 50.3 Å². The van der Waals surface area contributed by atoms with Crippen LogP contribution < -0.4 is 72.1 Å². The van der Waals surface area contributed by atoms with Gasteiger partial charge in [-0.3, -0.25) is 47.0 Å². The third-order valence-electron chi connectivity index (χ3n) is 14.4. The second-order valence-corrected chi connectivity index (χ2v) is 26.9. The number of benzene rings is 4. The van der Waals surface area contributed by atoms with Crippen molar-refractivity contribution in [1.82, 2.24) is 27.4 Å². The molecule has 0 radical (unpaired) electrons. The number of aromatic nitrogens is 6. The quantitative estimate of drug-likeness (QED) is 0.0433. The standard InChI is InChI=1S/C57H52N14O19S4.Na/c1-66-23-33(15-43(66)51(72)58-31-9-7-29-11-39(91(79,80)81)21-49(41(29)13-31)93(85,86)87)60-53(74)45-17-35(25-68(45)3)62-55(76)47-19-37(27-70(47)5)64-57(78)65-38-20-48(71(6)28-38)56(77)63-36-18-46(69(4)26-36)54(75)61-34-16-44(67(2)24-34)52(73)59-32-10-8-30-12-40(92(82,83)84)22-50(42(30)14-32)94(88,89)90;/h7-28H,1-6H3,(H,58,72)(H,59,73)(H,60,74)(H,61,75)(H,62,76)(H,63,77)(H2,64,65,78)(H,79,80,81)(H,82,83,84)(H,85,86,87)(H,88,89,90);/q;+1. The van der Waals surface area contributed by atoms with Crippen molar-refractivity contribution in [3.8, 4) is 0 Å². The molecular formula is C57H52N14NaO19S4+. The first-order chi connectivity index (χ1) is 43.9. The molecule has 4 aromatic carbocycles. The first-order valence-electron chi connectivity index (χ1n) is 26.9. The van der Waals surface area contributed by atoms with E-state index >= 15 is 0 Å². The number of anilines is 8. The van der Waals surface area contributed by atoms with Gasteiger partial charge in [0.15, 0.2) is 0 Å². The van der Waals surface area contributed by atoms with E-state index in [-0.39, 0.29) is 131 Å². The van der Waals surface area contributed by atoms with Gasteiger partial charge in [0.1, 0.15) is 44.0 Å². The van der Waals surface area contributed by atoms with E-state index in [0.717, 1.165) is 12.1 Å². The maximum absolute atomic E-state index is 13.5. The predicted octanol–water partition coefficient (Wildman–Crippen LogP) is 3.17. The molecule has 488 valence electrons. The van der Waals surface area contributed by atoms with E-state index in [1.165, 1.54) is 151 Å². The minimum absolute atomic E-state index is 0. The molecule has 33 nitrogen and oxygen atoms in total. The topological polar surface area (TPSA) is 463 Å². The smallest absolute Gasteiger partial charge is 0.344 e. The number of carbonyl (C=O) groups is 7. The fourth-order valence-electron chi connectivity index (χ4n) is 10.1. The summed E-state index contributed by atoms with van der Waals surface area (Å²) in [5.41, 5.74) is 1.71. The summed E-state index contributed by atoms with van der Waals surface area (Å²) in [7, 11) is -10.5. The summed E-state index contributed by atoms with van der Waals surface area (Å²) < 4.78 is 143. The molecule has 95 heavy (non-hydrogen) atoms. The van der Waals surface area contributed by atoms with Crippen LogP contribution in [-0.2, 0) is 82.8 Å². The Morgan fingerprint density at radius 1 is 0.295 bits per heavy atom. The Kier molecular flexibility index (Phi) is 18.9. The van der Waals surface area contributed by atoms with E-state index in [9.17, 15) is 85.4 Å². The fraction of sp³-hybridized carbons (Fsp3) is 0.105. The van der Waals surface area contributed by atoms with Crippen molar-refractivity contribution in [1.29, 1.82) is 0 Å². The molecule has 8 amide bonds. The molecule has 0 aliphatic carbocycles. The van der Waals surface area contributed by atoms with Crippen molar-refractivity contribution >= 4 is 149 Å². The molecule has 0 fully saturated rings. The number of urea groups is 1. The molecule has 38 heteroatoms. The Bertz CT molecular complexity index is 5080. The zero-order chi connectivity index (χ0) is 68.4. The number of aryl methyl sites for hydroxylation is 6. The maximum Gasteiger partial charge on any atom is 1.00 e. The van der Waals surface area contributed by atoms with Crippen molar-refractivity contribution in [2.45, 2.75) is 19.6 Å². The molecular weight excluding hydrogens is 1340 g/mol. The van der Waals surface area contributed by atoms with Gasteiger partial charge in [-0.1, -0.05) is 12.1 Å². The Morgan fingerprint density at radius 3 is 0.737 bits per heavy atom. The van der Waals surface area contributed by atoms with E-state index in [1.54, 1.807) is 28.2 Å². The molecule has 0 bridgehead atoms. The van der Waals surface area contributed by atoms with Gasteiger partial charge < -0.3 is 69.9 Å². The van der Waals surface area contributed by atoms with Crippen LogP contribution in [0, 0.1) is 0 Å². The molecule has 12 N–H and O–H groups in total. The van der Waals surface area contributed by atoms with Crippen LogP contribution in [0.25, 0.3) is 21.5 Å². The van der Waals surface area contributed by atoms with Crippen molar-refractivity contribution in [3.63, 3.8) is 0 Å². The molecule has 0 aliphatic rings. The number of hydrogen-bond donors (Lipinski definition) is 12. The van der Waals surface area contributed by atoms with Gasteiger partial charge >= 0.3 is 35.6 Å². The Hall–Kier alpha value is -10.2. The predicted molar refractivity (Wildman–Crippen MR) is 340 cm³/mol. The zero-order valence-electron chi connectivity index (χ0n) is 50.4. The van der Waals surface area contributed by atoms with E-state index in [1.807, 2.05) is 0 Å². The number of nitrogens with one attached hydrogen (secondary N) is 8. The monoisotopic (exact) mass is 1390 g/mol. The maximum atomic E-state index is 13.5. The summed E-state index contributed by atoms with van der Waals surface area (Å²) in [6.07, 6.45) is 8.76. The zero-order valence-corrected chi connectivity index (χ0v) is 55.7. The Morgan fingerprint density at radius 2 is 0.516 bits per heavy atom. The first-order valence-corrected chi connectivity index (χ1v) is 32.6. The number of fused-ring (bicyclic) bond motifs is 2. The van der Waals surface area contributed by atoms with Gasteiger partial charge in [0.05, 0.1) is 43.9 Å². The molecule has 10 aromatic rings. The number of nitrogens with zero attached hydrogens (tertiary/aromatic N) is 6. The normalized spacial score (nSPS) is 11.8. The van der Waals surface area contributed by atoms with Crippen molar-refractivity contribution in [2.24, 2.45) is 42.3 Å². The molecule has 0 saturated carbocycles. The molecule has 0 aliphatic heterocycles. The number of carbonyl (C=O) groups excluding carboxylic acids is 7. The van der Waals surface area contributed by atoms with Gasteiger partial charge in [-0.25, -0.2) is 4.79 Å². The van der Waals surface area contributed by atoms with Crippen LogP contribution in [0.3, 0.4) is 0 Å². The number of amides is 8. The molecule has 0 atom stereocenters. The van der Waals surface area contributed by atoms with Gasteiger partial charge in [0.25, 0.3) is 75.9 Å². The van der Waals surface area contributed by atoms with Crippen LogP contribution in [0.2, 0.25) is 0 Å². The van der Waals surface area contributed by atoms with E-state index in [2.05, 4.69) is 42.5 Å². The SMILES string of the molecule is Cn1cc(NC(=O)Nc2cc(C(=O)Nc3cc(C(=O)Nc4cc(C(=O)Nc5ccc6cc(S(=O)(=O)O)cc(S(=O)(=O)O)c6c5)n(C)c4)n(C)c3)n(C)c2)cc1C(=O)Nc1cc(C(=O)Nc2cc(C(=O)Nc3ccc4cc(S(=O)(=O)O)cc(S(=O)(=O)O)c4c3)n(C)c2)n(C)c1.[Na+]. The summed E-state index contributed by atoms with van der Waals surface area (Å²) in [4.78, 5) is 91.0. The van der Waals surface area contributed by atoms with Gasteiger partial charge in [0, 0.05) is 102 Å². The summed E-state index contributed by atoms with van der Waals surface area (Å²) in [5, 5.41) is 20.9. The first kappa shape index (κ1) is 69.2. The van der Waals surface area contributed by atoms with Crippen LogP contribution in [0.5, 0.6) is 0 Å². The largest absolute Gasteiger partial charge is 1.00 e. The minimum Gasteiger partial charge on any atom is -0.344 e. The summed E-state index contributed by atoms with van der Waals surface area (Å²) in [5.74, 6) is -3.94. The van der Waals surface area contributed by atoms with Gasteiger partial charge in [-0.05, 0) is 95.7 Å². The summed E-state index contributed by atoms with van der Waals surface area (Å²) in [6.45, 7) is 0. The van der Waals surface area contributed by atoms with E-state index in [4.69, 9.17) is 0 Å². The fourth-order valence-corrected chi connectivity index (χ4v) is 12.8. The second kappa shape index (κ2) is 26.0. The Balaban J connectivity index is 0.0000106. The van der Waals surface area contributed by atoms with Crippen LogP contribution in [-0.4, -0.2) is 121 Å². The molecule has 0 unspecified atom stereocenters. The molecule has 0 saturated heterocycles. The molecule has 10 rings (SSSR count). The van der Waals surface area contributed by atoms with Crippen molar-refractivity contribution in [3.05, 3.63) is 168 Å². The Labute approximate surface area is 560 Å². The second-order valence-electron chi connectivity index (χ2n) is 21.3. The third kappa shape index (κ3) is 15.2. The van der Waals surface area contributed by atoms with Crippen LogP contribution >= 0.6 is 0 Å². The molecule has 6 aromatic heterocycles. The van der Waals surface area contributed by atoms with Crippen LogP contribution in [0.15, 0.2) is 154 Å². The van der Waals surface area contributed by atoms with Crippen molar-refractivity contribution < 1.29 is 115 Å². The average molecular weight is 1390 g/mol. The van der Waals surface area contributed by atoms with E-state index < -0.39 is 102 Å².